The lowest BCUT2D eigenvalue weighted by Crippen LogP contribution is -2.41. The van der Waals surface area contributed by atoms with Crippen molar-refractivity contribution in [1.82, 2.24) is 15.1 Å². The predicted molar refractivity (Wildman–Crippen MR) is 79.6 cm³/mol. The molecule has 2 rings (SSSR count). The van der Waals surface area contributed by atoms with Crippen LogP contribution in [-0.4, -0.2) is 15.7 Å². The van der Waals surface area contributed by atoms with Gasteiger partial charge in [-0.15, -0.1) is 0 Å². The number of hydrogen-bond donors (Lipinski definition) is 2. The zero-order valence-corrected chi connectivity index (χ0v) is 12.4. The number of carbonyl (C=O) groups excluding carboxylic acids is 1. The smallest absolute Gasteiger partial charge is 0.257 e. The van der Waals surface area contributed by atoms with E-state index in [1.54, 1.807) is 13.1 Å². The summed E-state index contributed by atoms with van der Waals surface area (Å²) in [5, 5.41) is 7.53. The third-order valence-electron chi connectivity index (χ3n) is 3.20. The number of rotatable bonds is 3. The highest BCUT2D eigenvalue weighted by Gasteiger charge is 2.25. The van der Waals surface area contributed by atoms with Crippen molar-refractivity contribution in [3.63, 3.8) is 0 Å². The maximum absolute atomic E-state index is 12.3. The number of aryl methyl sites for hydroxylation is 1. The van der Waals surface area contributed by atoms with E-state index in [1.165, 1.54) is 10.9 Å². The number of nitrogen functional groups attached to an aromatic ring is 1. The summed E-state index contributed by atoms with van der Waals surface area (Å²) in [5.41, 5.74) is 6.52. The molecule has 0 atom stereocenters. The number of halogens is 1. The summed E-state index contributed by atoms with van der Waals surface area (Å²) < 4.78 is 1.46. The Morgan fingerprint density at radius 1 is 1.45 bits per heavy atom. The summed E-state index contributed by atoms with van der Waals surface area (Å²) in [6, 6.07) is 7.39. The molecule has 5 nitrogen and oxygen atoms in total. The number of aromatic nitrogens is 2. The second-order valence-electron chi connectivity index (χ2n) is 5.16. The molecule has 3 N–H and O–H groups in total. The van der Waals surface area contributed by atoms with E-state index >= 15 is 0 Å². The molecule has 1 amide bonds. The molecule has 0 aliphatic carbocycles. The van der Waals surface area contributed by atoms with Crippen molar-refractivity contribution in [3.05, 3.63) is 46.6 Å². The van der Waals surface area contributed by atoms with Gasteiger partial charge in [0.2, 0.25) is 0 Å². The molecule has 2 aromatic rings. The number of nitrogens with one attached hydrogen (secondary N) is 1. The Bertz CT molecular complexity index is 648. The van der Waals surface area contributed by atoms with Gasteiger partial charge in [-0.05, 0) is 31.5 Å². The molecule has 0 saturated carbocycles. The SMILES string of the molecule is Cn1ncc(C(=O)NC(C)(C)c2cccc(Cl)c2)c1N. The van der Waals surface area contributed by atoms with Crippen LogP contribution in [0.3, 0.4) is 0 Å². The van der Waals surface area contributed by atoms with Crippen molar-refractivity contribution >= 4 is 23.3 Å². The zero-order chi connectivity index (χ0) is 14.9. The quantitative estimate of drug-likeness (QED) is 0.912. The molecule has 20 heavy (non-hydrogen) atoms. The Balaban J connectivity index is 2.24. The molecule has 0 aliphatic heterocycles. The van der Waals surface area contributed by atoms with Crippen molar-refractivity contribution in [1.29, 1.82) is 0 Å². The van der Waals surface area contributed by atoms with Gasteiger partial charge in [0.05, 0.1) is 11.7 Å². The lowest BCUT2D eigenvalue weighted by atomic mass is 9.94. The minimum Gasteiger partial charge on any atom is -0.383 e. The van der Waals surface area contributed by atoms with E-state index in [4.69, 9.17) is 17.3 Å². The maximum Gasteiger partial charge on any atom is 0.257 e. The second kappa shape index (κ2) is 5.17. The van der Waals surface area contributed by atoms with Crippen LogP contribution in [0.4, 0.5) is 5.82 Å². The molecular weight excluding hydrogens is 276 g/mol. The standard InChI is InChI=1S/C14H17ClN4O/c1-14(2,9-5-4-6-10(15)7-9)18-13(20)11-8-17-19(3)12(11)16/h4-8H,16H2,1-3H3,(H,18,20). The Hall–Kier alpha value is -2.01. The lowest BCUT2D eigenvalue weighted by Gasteiger charge is -2.27. The van der Waals surface area contributed by atoms with Crippen LogP contribution in [0.25, 0.3) is 0 Å². The molecule has 0 unspecified atom stereocenters. The van der Waals surface area contributed by atoms with Crippen molar-refractivity contribution < 1.29 is 4.79 Å². The Morgan fingerprint density at radius 2 is 2.15 bits per heavy atom. The number of amides is 1. The van der Waals surface area contributed by atoms with E-state index in [9.17, 15) is 4.79 Å². The summed E-state index contributed by atoms with van der Waals surface area (Å²) in [6.07, 6.45) is 1.46. The van der Waals surface area contributed by atoms with Crippen LogP contribution >= 0.6 is 11.6 Å². The fourth-order valence-corrected chi connectivity index (χ4v) is 2.11. The highest BCUT2D eigenvalue weighted by Crippen LogP contribution is 2.24. The van der Waals surface area contributed by atoms with Crippen molar-refractivity contribution in [2.45, 2.75) is 19.4 Å². The Morgan fingerprint density at radius 3 is 2.70 bits per heavy atom. The Labute approximate surface area is 122 Å². The minimum atomic E-state index is -0.565. The summed E-state index contributed by atoms with van der Waals surface area (Å²) in [5.74, 6) is 0.0740. The number of hydrogen-bond acceptors (Lipinski definition) is 3. The summed E-state index contributed by atoms with van der Waals surface area (Å²) >= 11 is 5.99. The first kappa shape index (κ1) is 14.4. The number of nitrogens with two attached hydrogens (primary N) is 1. The zero-order valence-electron chi connectivity index (χ0n) is 11.6. The first-order valence-electron chi connectivity index (χ1n) is 6.17. The molecule has 6 heteroatoms. The predicted octanol–water partition coefficient (Wildman–Crippen LogP) is 2.32. The van der Waals surface area contributed by atoms with Crippen molar-refractivity contribution in [2.24, 2.45) is 7.05 Å². The van der Waals surface area contributed by atoms with Crippen molar-refractivity contribution in [3.8, 4) is 0 Å². The summed E-state index contributed by atoms with van der Waals surface area (Å²) in [6.45, 7) is 3.81. The van der Waals surface area contributed by atoms with E-state index in [-0.39, 0.29) is 5.91 Å². The largest absolute Gasteiger partial charge is 0.383 e. The first-order valence-corrected chi connectivity index (χ1v) is 6.55. The molecule has 0 spiro atoms. The topological polar surface area (TPSA) is 72.9 Å². The number of nitrogens with zero attached hydrogens (tertiary/aromatic N) is 2. The van der Waals surface area contributed by atoms with Gasteiger partial charge in [0.1, 0.15) is 11.4 Å². The van der Waals surface area contributed by atoms with Crippen molar-refractivity contribution in [2.75, 3.05) is 5.73 Å². The van der Waals surface area contributed by atoms with Crippen LogP contribution in [0.2, 0.25) is 5.02 Å². The van der Waals surface area contributed by atoms with Crippen LogP contribution < -0.4 is 11.1 Å². The van der Waals surface area contributed by atoms with Gasteiger partial charge in [0.25, 0.3) is 5.91 Å². The fourth-order valence-electron chi connectivity index (χ4n) is 1.92. The van der Waals surface area contributed by atoms with Gasteiger partial charge >= 0.3 is 0 Å². The normalized spacial score (nSPS) is 11.4. The molecule has 0 bridgehead atoms. The molecule has 0 radical (unpaired) electrons. The summed E-state index contributed by atoms with van der Waals surface area (Å²) in [4.78, 5) is 12.3. The van der Waals surface area contributed by atoms with E-state index in [2.05, 4.69) is 10.4 Å². The van der Waals surface area contributed by atoms with Crippen LogP contribution in [0.5, 0.6) is 0 Å². The molecular formula is C14H17ClN4O. The number of anilines is 1. The molecule has 1 aromatic heterocycles. The average Bonchev–Trinajstić information content (AvgIpc) is 2.69. The van der Waals surface area contributed by atoms with Gasteiger partial charge in [-0.2, -0.15) is 5.10 Å². The molecule has 1 aromatic carbocycles. The number of benzene rings is 1. The minimum absolute atomic E-state index is 0.263. The Kier molecular flexibility index (Phi) is 3.72. The van der Waals surface area contributed by atoms with Gasteiger partial charge in [0.15, 0.2) is 0 Å². The molecule has 0 fully saturated rings. The fraction of sp³-hybridized carbons (Fsp3) is 0.286. The molecule has 106 valence electrons. The molecule has 0 saturated heterocycles. The third kappa shape index (κ3) is 2.77. The van der Waals surface area contributed by atoms with E-state index < -0.39 is 5.54 Å². The van der Waals surface area contributed by atoms with Crippen LogP contribution in [0.15, 0.2) is 30.5 Å². The lowest BCUT2D eigenvalue weighted by molar-refractivity contribution is 0.0913. The number of carbonyl (C=O) groups is 1. The van der Waals surface area contributed by atoms with Gasteiger partial charge in [0, 0.05) is 12.1 Å². The van der Waals surface area contributed by atoms with Gasteiger partial charge in [-0.3, -0.25) is 9.48 Å². The van der Waals surface area contributed by atoms with E-state index in [0.29, 0.717) is 16.4 Å². The molecule has 0 aliphatic rings. The first-order chi connectivity index (χ1) is 9.31. The van der Waals surface area contributed by atoms with E-state index in [1.807, 2.05) is 32.0 Å². The van der Waals surface area contributed by atoms with Crippen LogP contribution in [0.1, 0.15) is 29.8 Å². The maximum atomic E-state index is 12.3. The third-order valence-corrected chi connectivity index (χ3v) is 3.44. The summed E-state index contributed by atoms with van der Waals surface area (Å²) in [7, 11) is 1.69. The highest BCUT2D eigenvalue weighted by atomic mass is 35.5. The second-order valence-corrected chi connectivity index (χ2v) is 5.59. The van der Waals surface area contributed by atoms with Crippen LogP contribution in [0, 0.1) is 0 Å². The van der Waals surface area contributed by atoms with Crippen LogP contribution in [-0.2, 0) is 12.6 Å². The van der Waals surface area contributed by atoms with E-state index in [0.717, 1.165) is 5.56 Å². The average molecular weight is 293 g/mol. The van der Waals surface area contributed by atoms with Gasteiger partial charge in [-0.25, -0.2) is 0 Å². The highest BCUT2D eigenvalue weighted by molar-refractivity contribution is 6.30. The van der Waals surface area contributed by atoms with Gasteiger partial charge in [-0.1, -0.05) is 23.7 Å². The monoisotopic (exact) mass is 292 g/mol. The molecule has 1 heterocycles. The van der Waals surface area contributed by atoms with Gasteiger partial charge < -0.3 is 11.1 Å².